The van der Waals surface area contributed by atoms with E-state index >= 15 is 0 Å². The average molecular weight is 644 g/mol. The number of fused-ring (bicyclic) bond motifs is 11. The van der Waals surface area contributed by atoms with Gasteiger partial charge in [-0.05, 0) is 64.4 Å². The van der Waals surface area contributed by atoms with Crippen molar-refractivity contribution in [2.24, 2.45) is 0 Å². The second kappa shape index (κ2) is 10.1. The van der Waals surface area contributed by atoms with Gasteiger partial charge in [-0.15, -0.1) is 11.3 Å². The Morgan fingerprint density at radius 1 is 0.490 bits per heavy atom. The Morgan fingerprint density at radius 3 is 2.10 bits per heavy atom. The van der Waals surface area contributed by atoms with Gasteiger partial charge in [0.2, 0.25) is 5.95 Å². The maximum atomic E-state index is 6.22. The minimum absolute atomic E-state index is 0.677. The van der Waals surface area contributed by atoms with Crippen molar-refractivity contribution in [3.8, 4) is 28.3 Å². The molecule has 11 aromatic rings. The lowest BCUT2D eigenvalue weighted by Gasteiger charge is -2.10. The molecule has 4 aromatic heterocycles. The number of hydrogen-bond donors (Lipinski definition) is 0. The van der Waals surface area contributed by atoms with Crippen molar-refractivity contribution in [1.82, 2.24) is 14.5 Å². The fraction of sp³-hybridized carbons (Fsp3) is 0. The lowest BCUT2D eigenvalue weighted by molar-refractivity contribution is 0.669. The van der Waals surface area contributed by atoms with E-state index in [-0.39, 0.29) is 0 Å². The Labute approximate surface area is 284 Å². The Morgan fingerprint density at radius 2 is 1.20 bits per heavy atom. The molecule has 11 rings (SSSR count). The molecule has 4 nitrogen and oxygen atoms in total. The first-order valence-electron chi connectivity index (χ1n) is 16.4. The van der Waals surface area contributed by atoms with Crippen molar-refractivity contribution < 1.29 is 4.42 Å². The van der Waals surface area contributed by atoms with Crippen LogP contribution in [0.2, 0.25) is 0 Å². The molecule has 0 amide bonds. The normalized spacial score (nSPS) is 12.1. The van der Waals surface area contributed by atoms with Gasteiger partial charge in [0.1, 0.15) is 11.2 Å². The third-order valence-electron chi connectivity index (χ3n) is 9.82. The van der Waals surface area contributed by atoms with Crippen LogP contribution in [0.1, 0.15) is 0 Å². The number of hydrogen-bond acceptors (Lipinski definition) is 4. The van der Waals surface area contributed by atoms with Gasteiger partial charge in [-0.25, -0.2) is 9.97 Å². The first kappa shape index (κ1) is 26.7. The summed E-state index contributed by atoms with van der Waals surface area (Å²) in [5.74, 6) is 0.677. The average Bonchev–Trinajstić information content (AvgIpc) is 3.84. The maximum Gasteiger partial charge on any atom is 0.235 e. The molecule has 7 aromatic carbocycles. The fourth-order valence-corrected chi connectivity index (χ4v) is 8.72. The molecule has 0 spiro atoms. The Bertz CT molecular complexity index is 3110. The molecular weight excluding hydrogens is 619 g/mol. The third-order valence-corrected chi connectivity index (χ3v) is 11.0. The van der Waals surface area contributed by atoms with Gasteiger partial charge in [-0.1, -0.05) is 109 Å². The zero-order valence-corrected chi connectivity index (χ0v) is 26.9. The third kappa shape index (κ3) is 3.91. The van der Waals surface area contributed by atoms with E-state index < -0.39 is 0 Å². The molecule has 228 valence electrons. The number of aromatic nitrogens is 3. The molecule has 0 atom stereocenters. The quantitative estimate of drug-likeness (QED) is 0.192. The van der Waals surface area contributed by atoms with Crippen LogP contribution < -0.4 is 0 Å². The van der Waals surface area contributed by atoms with E-state index in [0.717, 1.165) is 71.0 Å². The van der Waals surface area contributed by atoms with E-state index in [1.54, 1.807) is 11.3 Å². The maximum absolute atomic E-state index is 6.22. The Kier molecular flexibility index (Phi) is 5.51. The minimum atomic E-state index is 0.677. The number of nitrogens with zero attached hydrogens (tertiary/aromatic N) is 3. The van der Waals surface area contributed by atoms with Crippen LogP contribution in [0.3, 0.4) is 0 Å². The summed E-state index contributed by atoms with van der Waals surface area (Å²) in [5, 5.41) is 8.21. The molecule has 0 aliphatic carbocycles. The highest BCUT2D eigenvalue weighted by Crippen LogP contribution is 2.42. The smallest absolute Gasteiger partial charge is 0.235 e. The molecule has 0 N–H and O–H groups in total. The van der Waals surface area contributed by atoms with Gasteiger partial charge in [-0.3, -0.25) is 4.57 Å². The van der Waals surface area contributed by atoms with Crippen LogP contribution in [0.4, 0.5) is 0 Å². The molecule has 0 radical (unpaired) electrons. The summed E-state index contributed by atoms with van der Waals surface area (Å²) in [6, 6.07) is 53.6. The van der Waals surface area contributed by atoms with E-state index in [1.807, 2.05) is 18.2 Å². The van der Waals surface area contributed by atoms with Crippen LogP contribution >= 0.6 is 11.3 Å². The molecule has 5 heteroatoms. The lowest BCUT2D eigenvalue weighted by atomic mass is 9.98. The summed E-state index contributed by atoms with van der Waals surface area (Å²) in [6.45, 7) is 0. The second-order valence-corrected chi connectivity index (χ2v) is 13.6. The van der Waals surface area contributed by atoms with Gasteiger partial charge < -0.3 is 4.42 Å². The first-order chi connectivity index (χ1) is 24.3. The summed E-state index contributed by atoms with van der Waals surface area (Å²) >= 11 is 1.76. The zero-order chi connectivity index (χ0) is 32.1. The topological polar surface area (TPSA) is 43.9 Å². The van der Waals surface area contributed by atoms with Gasteiger partial charge in [0.15, 0.2) is 0 Å². The van der Waals surface area contributed by atoms with Crippen molar-refractivity contribution in [1.29, 1.82) is 0 Å². The van der Waals surface area contributed by atoms with Crippen LogP contribution in [0.25, 0.3) is 103 Å². The fourth-order valence-electron chi connectivity index (χ4n) is 7.57. The van der Waals surface area contributed by atoms with Gasteiger partial charge in [0.05, 0.1) is 26.9 Å². The van der Waals surface area contributed by atoms with Crippen molar-refractivity contribution in [3.05, 3.63) is 152 Å². The number of furan rings is 1. The summed E-state index contributed by atoms with van der Waals surface area (Å²) in [4.78, 5) is 10.7. The molecule has 0 saturated heterocycles. The summed E-state index contributed by atoms with van der Waals surface area (Å²) < 4.78 is 10.8. The predicted molar refractivity (Wildman–Crippen MR) is 205 cm³/mol. The largest absolute Gasteiger partial charge is 0.456 e. The Balaban J connectivity index is 1.14. The van der Waals surface area contributed by atoms with Crippen LogP contribution in [0.15, 0.2) is 156 Å². The van der Waals surface area contributed by atoms with Gasteiger partial charge in [0, 0.05) is 37.2 Å². The molecule has 0 aliphatic heterocycles. The van der Waals surface area contributed by atoms with E-state index in [1.165, 1.54) is 26.2 Å². The van der Waals surface area contributed by atoms with Crippen LogP contribution in [0.5, 0.6) is 0 Å². The molecule has 0 unspecified atom stereocenters. The minimum Gasteiger partial charge on any atom is -0.456 e. The standard InChI is InChI=1S/C44H25N3OS/c1-2-10-26(11-3-1)41-43-42(34-14-6-9-17-39(34)49-43)46-44(45-41)47-35-15-7-4-13-33(35)40-30-21-18-27(24-29(30)20-23-36(40)47)28-19-22-32-31-12-5-8-16-37(31)48-38(32)25-28/h1-25H. The molecular formula is C44H25N3OS. The molecule has 0 saturated carbocycles. The number of benzene rings is 7. The van der Waals surface area contributed by atoms with Crippen molar-refractivity contribution in [2.75, 3.05) is 0 Å². The monoisotopic (exact) mass is 643 g/mol. The highest BCUT2D eigenvalue weighted by molar-refractivity contribution is 7.26. The van der Waals surface area contributed by atoms with Crippen LogP contribution in [0, 0.1) is 0 Å². The number of para-hydroxylation sites is 2. The summed E-state index contributed by atoms with van der Waals surface area (Å²) in [6.07, 6.45) is 0. The lowest BCUT2D eigenvalue weighted by Crippen LogP contribution is -2.02. The second-order valence-electron chi connectivity index (χ2n) is 12.6. The molecule has 0 bridgehead atoms. The van der Waals surface area contributed by atoms with E-state index in [2.05, 4.69) is 138 Å². The first-order valence-corrected chi connectivity index (χ1v) is 17.2. The molecule has 0 fully saturated rings. The molecule has 49 heavy (non-hydrogen) atoms. The van der Waals surface area contributed by atoms with E-state index in [4.69, 9.17) is 14.4 Å². The Hall–Kier alpha value is -6.30. The SMILES string of the molecule is c1ccc(-c2nc(-n3c4ccccc4c4c5ccc(-c6ccc7c(c6)oc6ccccc67)cc5ccc43)nc3c2sc2ccccc23)cc1. The highest BCUT2D eigenvalue weighted by Gasteiger charge is 2.21. The van der Waals surface area contributed by atoms with Crippen molar-refractivity contribution in [3.63, 3.8) is 0 Å². The summed E-state index contributed by atoms with van der Waals surface area (Å²) in [7, 11) is 0. The predicted octanol–water partition coefficient (Wildman–Crippen LogP) is 12.3. The van der Waals surface area contributed by atoms with Gasteiger partial charge in [0.25, 0.3) is 0 Å². The van der Waals surface area contributed by atoms with Gasteiger partial charge in [-0.2, -0.15) is 0 Å². The van der Waals surface area contributed by atoms with E-state index in [9.17, 15) is 0 Å². The van der Waals surface area contributed by atoms with Crippen molar-refractivity contribution in [2.45, 2.75) is 0 Å². The van der Waals surface area contributed by atoms with Crippen molar-refractivity contribution >= 4 is 86.2 Å². The van der Waals surface area contributed by atoms with Crippen LogP contribution in [-0.4, -0.2) is 14.5 Å². The van der Waals surface area contributed by atoms with Crippen LogP contribution in [-0.2, 0) is 0 Å². The zero-order valence-electron chi connectivity index (χ0n) is 26.1. The van der Waals surface area contributed by atoms with Gasteiger partial charge >= 0.3 is 0 Å². The summed E-state index contributed by atoms with van der Waals surface area (Å²) in [5.41, 5.74) is 9.31. The molecule has 0 aliphatic rings. The molecule has 4 heterocycles. The number of rotatable bonds is 3. The van der Waals surface area contributed by atoms with E-state index in [0.29, 0.717) is 5.95 Å². The highest BCUT2D eigenvalue weighted by atomic mass is 32.1. The number of thiophene rings is 1.